The van der Waals surface area contributed by atoms with Gasteiger partial charge in [0.1, 0.15) is 4.83 Å². The summed E-state index contributed by atoms with van der Waals surface area (Å²) >= 11 is 1.86. The number of aromatic nitrogens is 4. The Morgan fingerprint density at radius 3 is 1.90 bits per heavy atom. The SMILES string of the molecule is c1ccc(-c2nc(-n3c4ccccc4c4ccc5c(sc6c5c5ccccc5n6-c5ccccc5)c43)nc3c2ccc2ccccc23)cc1. The molecule has 4 heterocycles. The number of benzene rings is 7. The van der Waals surface area contributed by atoms with Gasteiger partial charge in [-0.25, -0.2) is 9.97 Å². The van der Waals surface area contributed by atoms with Gasteiger partial charge in [-0.05, 0) is 35.7 Å². The van der Waals surface area contributed by atoms with Crippen LogP contribution in [0.5, 0.6) is 0 Å². The van der Waals surface area contributed by atoms with E-state index in [1.54, 1.807) is 0 Å². The van der Waals surface area contributed by atoms with Crippen molar-refractivity contribution in [2.24, 2.45) is 0 Å². The summed E-state index contributed by atoms with van der Waals surface area (Å²) < 4.78 is 5.96. The average molecular weight is 643 g/mol. The molecule has 0 aliphatic rings. The lowest BCUT2D eigenvalue weighted by Gasteiger charge is -2.13. The zero-order valence-corrected chi connectivity index (χ0v) is 27.0. The topological polar surface area (TPSA) is 35.6 Å². The summed E-state index contributed by atoms with van der Waals surface area (Å²) in [7, 11) is 0. The summed E-state index contributed by atoms with van der Waals surface area (Å²) in [6, 6.07) is 56.1. The van der Waals surface area contributed by atoms with Crippen molar-refractivity contribution in [3.05, 3.63) is 158 Å². The second-order valence-corrected chi connectivity index (χ2v) is 13.6. The van der Waals surface area contributed by atoms with E-state index in [4.69, 9.17) is 9.97 Å². The molecular formula is C44H26N4S. The molecule has 0 fully saturated rings. The Morgan fingerprint density at radius 1 is 0.449 bits per heavy atom. The van der Waals surface area contributed by atoms with Crippen LogP contribution < -0.4 is 0 Å². The minimum atomic E-state index is 0.676. The summed E-state index contributed by atoms with van der Waals surface area (Å²) in [5.74, 6) is 0.676. The van der Waals surface area contributed by atoms with Crippen LogP contribution in [0.1, 0.15) is 0 Å². The van der Waals surface area contributed by atoms with Crippen LogP contribution in [-0.4, -0.2) is 19.1 Å². The van der Waals surface area contributed by atoms with E-state index in [-0.39, 0.29) is 0 Å². The third-order valence-electron chi connectivity index (χ3n) is 9.93. The largest absolute Gasteiger partial charge is 0.301 e. The molecule has 49 heavy (non-hydrogen) atoms. The first-order valence-electron chi connectivity index (χ1n) is 16.5. The maximum Gasteiger partial charge on any atom is 0.235 e. The molecule has 0 saturated carbocycles. The fourth-order valence-corrected chi connectivity index (χ4v) is 9.20. The molecule has 228 valence electrons. The molecular weight excluding hydrogens is 617 g/mol. The van der Waals surface area contributed by atoms with E-state index < -0.39 is 0 Å². The number of thiophene rings is 1. The molecule has 4 nitrogen and oxygen atoms in total. The van der Waals surface area contributed by atoms with E-state index in [1.165, 1.54) is 42.0 Å². The fraction of sp³-hybridized carbons (Fsp3) is 0. The number of hydrogen-bond donors (Lipinski definition) is 0. The second-order valence-electron chi connectivity index (χ2n) is 12.6. The Kier molecular flexibility index (Phi) is 5.51. The van der Waals surface area contributed by atoms with E-state index in [0.29, 0.717) is 5.95 Å². The summed E-state index contributed by atoms with van der Waals surface area (Å²) in [6.45, 7) is 0. The molecule has 0 N–H and O–H groups in total. The normalized spacial score (nSPS) is 12.1. The van der Waals surface area contributed by atoms with E-state index in [2.05, 4.69) is 167 Å². The Labute approximate surface area is 284 Å². The van der Waals surface area contributed by atoms with Crippen LogP contribution in [0.4, 0.5) is 0 Å². The van der Waals surface area contributed by atoms with Gasteiger partial charge < -0.3 is 4.57 Å². The highest BCUT2D eigenvalue weighted by Crippen LogP contribution is 2.47. The zero-order chi connectivity index (χ0) is 32.1. The van der Waals surface area contributed by atoms with Crippen molar-refractivity contribution in [1.82, 2.24) is 19.1 Å². The average Bonchev–Trinajstić information content (AvgIpc) is 3.82. The molecule has 7 aromatic carbocycles. The van der Waals surface area contributed by atoms with Crippen molar-refractivity contribution in [1.29, 1.82) is 0 Å². The first-order valence-corrected chi connectivity index (χ1v) is 17.3. The number of nitrogens with zero attached hydrogens (tertiary/aromatic N) is 4. The van der Waals surface area contributed by atoms with E-state index in [0.717, 1.165) is 49.7 Å². The Balaban J connectivity index is 1.32. The molecule has 0 amide bonds. The number of rotatable bonds is 3. The third-order valence-corrected chi connectivity index (χ3v) is 11.1. The molecule has 11 rings (SSSR count). The minimum absolute atomic E-state index is 0.676. The Bertz CT molecular complexity index is 3100. The van der Waals surface area contributed by atoms with Crippen molar-refractivity contribution >= 4 is 86.0 Å². The Morgan fingerprint density at radius 2 is 1.08 bits per heavy atom. The molecule has 11 aromatic rings. The highest BCUT2D eigenvalue weighted by molar-refractivity contribution is 7.26. The number of fused-ring (bicyclic) bond motifs is 12. The number of para-hydroxylation sites is 3. The summed E-state index contributed by atoms with van der Waals surface area (Å²) in [5.41, 5.74) is 7.58. The van der Waals surface area contributed by atoms with Gasteiger partial charge in [-0.1, -0.05) is 127 Å². The zero-order valence-electron chi connectivity index (χ0n) is 26.2. The molecule has 0 aliphatic heterocycles. The van der Waals surface area contributed by atoms with Crippen molar-refractivity contribution in [3.8, 4) is 22.9 Å². The lowest BCUT2D eigenvalue weighted by atomic mass is 10.0. The highest BCUT2D eigenvalue weighted by atomic mass is 32.1. The minimum Gasteiger partial charge on any atom is -0.301 e. The van der Waals surface area contributed by atoms with Crippen LogP contribution in [0.3, 0.4) is 0 Å². The van der Waals surface area contributed by atoms with E-state index in [9.17, 15) is 0 Å². The van der Waals surface area contributed by atoms with Crippen molar-refractivity contribution in [2.45, 2.75) is 0 Å². The maximum absolute atomic E-state index is 5.45. The Hall–Kier alpha value is -6.30. The predicted molar refractivity (Wildman–Crippen MR) is 207 cm³/mol. The predicted octanol–water partition coefficient (Wildman–Crippen LogP) is 11.9. The maximum atomic E-state index is 5.45. The summed E-state index contributed by atoms with van der Waals surface area (Å²) in [5, 5.41) is 9.51. The van der Waals surface area contributed by atoms with Gasteiger partial charge in [0.15, 0.2) is 0 Å². The van der Waals surface area contributed by atoms with Gasteiger partial charge in [-0.15, -0.1) is 11.3 Å². The monoisotopic (exact) mass is 642 g/mol. The lowest BCUT2D eigenvalue weighted by Crippen LogP contribution is -2.04. The van der Waals surface area contributed by atoms with Gasteiger partial charge in [-0.2, -0.15) is 0 Å². The van der Waals surface area contributed by atoms with Gasteiger partial charge >= 0.3 is 0 Å². The van der Waals surface area contributed by atoms with Gasteiger partial charge in [0.2, 0.25) is 5.95 Å². The molecule has 0 spiro atoms. The molecule has 0 radical (unpaired) electrons. The van der Waals surface area contributed by atoms with Crippen molar-refractivity contribution < 1.29 is 0 Å². The number of hydrogen-bond acceptors (Lipinski definition) is 3. The molecule has 0 bridgehead atoms. The van der Waals surface area contributed by atoms with Crippen molar-refractivity contribution in [2.75, 3.05) is 0 Å². The smallest absolute Gasteiger partial charge is 0.235 e. The van der Waals surface area contributed by atoms with E-state index in [1.807, 2.05) is 11.3 Å². The van der Waals surface area contributed by atoms with E-state index >= 15 is 0 Å². The molecule has 0 aliphatic carbocycles. The highest BCUT2D eigenvalue weighted by Gasteiger charge is 2.24. The van der Waals surface area contributed by atoms with Gasteiger partial charge in [0.25, 0.3) is 0 Å². The molecule has 4 aromatic heterocycles. The fourth-order valence-electron chi connectivity index (χ4n) is 7.81. The quantitative estimate of drug-likeness (QED) is 0.180. The molecule has 0 unspecified atom stereocenters. The second kappa shape index (κ2) is 10.1. The van der Waals surface area contributed by atoms with Crippen LogP contribution in [0, 0.1) is 0 Å². The lowest BCUT2D eigenvalue weighted by molar-refractivity contribution is 1.02. The van der Waals surface area contributed by atoms with Crippen molar-refractivity contribution in [3.63, 3.8) is 0 Å². The standard InChI is InChI=1S/C44H26N4S/c1-3-14-28(15-4-1)39-35-24-23-27-13-7-8-18-30(27)40(35)46-44(45-39)48-36-21-11-9-19-31(36)32-25-26-34-38-33-20-10-12-22-37(33)47(29-16-5-2-6-17-29)43(38)49-42(34)41(32)48/h1-26H. The van der Waals surface area contributed by atoms with Crippen LogP contribution in [-0.2, 0) is 0 Å². The molecule has 0 atom stereocenters. The van der Waals surface area contributed by atoms with Crippen LogP contribution in [0.25, 0.3) is 97.6 Å². The van der Waals surface area contributed by atoms with Crippen LogP contribution in [0.15, 0.2) is 158 Å². The first kappa shape index (κ1) is 26.7. The third kappa shape index (κ3) is 3.73. The van der Waals surface area contributed by atoms with Gasteiger partial charge in [0.05, 0.1) is 32.5 Å². The van der Waals surface area contributed by atoms with Gasteiger partial charge in [0, 0.05) is 49.0 Å². The molecule has 5 heteroatoms. The van der Waals surface area contributed by atoms with Gasteiger partial charge in [-0.3, -0.25) is 4.57 Å². The first-order chi connectivity index (χ1) is 24.3. The van der Waals surface area contributed by atoms with Crippen LogP contribution >= 0.6 is 11.3 Å². The molecule has 0 saturated heterocycles. The summed E-state index contributed by atoms with van der Waals surface area (Å²) in [6.07, 6.45) is 0. The van der Waals surface area contributed by atoms with Crippen LogP contribution in [0.2, 0.25) is 0 Å². The summed E-state index contributed by atoms with van der Waals surface area (Å²) in [4.78, 5) is 12.1.